The lowest BCUT2D eigenvalue weighted by Gasteiger charge is -2.26. The fourth-order valence-electron chi connectivity index (χ4n) is 1.32. The van der Waals surface area contributed by atoms with Crippen molar-refractivity contribution >= 4 is 7.37 Å². The molecule has 1 unspecified atom stereocenters. The van der Waals surface area contributed by atoms with Gasteiger partial charge in [0.2, 0.25) is 6.03 Å². The molecule has 0 aromatic heterocycles. The molecule has 0 aliphatic rings. The van der Waals surface area contributed by atoms with Crippen LogP contribution in [0.25, 0.3) is 0 Å². The third-order valence-electron chi connectivity index (χ3n) is 1.82. The molecular weight excluding hydrogens is 215 g/mol. The van der Waals surface area contributed by atoms with E-state index in [4.69, 9.17) is 14.0 Å². The molecule has 15 heavy (non-hydrogen) atoms. The van der Waals surface area contributed by atoms with Gasteiger partial charge in [0.1, 0.15) is 0 Å². The third kappa shape index (κ3) is 5.12. The minimum absolute atomic E-state index is 0.425. The van der Waals surface area contributed by atoms with Crippen LogP contribution in [-0.2, 0) is 18.6 Å². The van der Waals surface area contributed by atoms with Crippen molar-refractivity contribution in [3.63, 3.8) is 0 Å². The van der Waals surface area contributed by atoms with E-state index in [0.29, 0.717) is 26.0 Å². The van der Waals surface area contributed by atoms with Crippen LogP contribution in [0.5, 0.6) is 0 Å². The highest BCUT2D eigenvalue weighted by Crippen LogP contribution is 2.53. The van der Waals surface area contributed by atoms with E-state index in [1.54, 1.807) is 0 Å². The Morgan fingerprint density at radius 2 is 1.53 bits per heavy atom. The van der Waals surface area contributed by atoms with E-state index in [-0.39, 0.29) is 0 Å². The lowest BCUT2D eigenvalue weighted by Crippen LogP contribution is -2.21. The first-order valence-electron chi connectivity index (χ1n) is 5.61. The Morgan fingerprint density at radius 1 is 1.00 bits per heavy atom. The van der Waals surface area contributed by atoms with Crippen LogP contribution in [0.2, 0.25) is 0 Å². The highest BCUT2D eigenvalue weighted by molar-refractivity contribution is 7.59. The summed E-state index contributed by atoms with van der Waals surface area (Å²) in [5.74, 6) is 0. The molecule has 0 rings (SSSR count). The minimum Gasteiger partial charge on any atom is -0.345 e. The Kier molecular flexibility index (Phi) is 8.34. The van der Waals surface area contributed by atoms with Crippen molar-refractivity contribution in [2.24, 2.45) is 0 Å². The van der Waals surface area contributed by atoms with Crippen LogP contribution in [0.3, 0.4) is 0 Å². The summed E-state index contributed by atoms with van der Waals surface area (Å²) in [5.41, 5.74) is 0. The fraction of sp³-hybridized carbons (Fsp3) is 1.00. The molecule has 0 aromatic rings. The Morgan fingerprint density at radius 3 is 1.87 bits per heavy atom. The predicted molar refractivity (Wildman–Crippen MR) is 61.4 cm³/mol. The summed E-state index contributed by atoms with van der Waals surface area (Å²) in [6, 6.07) is -0.701. The van der Waals surface area contributed by atoms with Gasteiger partial charge in [0, 0.05) is 19.4 Å². The summed E-state index contributed by atoms with van der Waals surface area (Å²) in [7, 11) is -2.81. The summed E-state index contributed by atoms with van der Waals surface area (Å²) >= 11 is 0. The Balaban J connectivity index is 4.56. The molecule has 92 valence electrons. The van der Waals surface area contributed by atoms with Gasteiger partial charge in [-0.3, -0.25) is 4.57 Å². The molecule has 0 heterocycles. The molecule has 0 saturated carbocycles. The standard InChI is InChI=1S/C10H23O4P/c1-5-9-15(11,14-8-4)10(12-6-2)13-7-3/h10H,5-9H2,1-4H3. The lowest BCUT2D eigenvalue weighted by atomic mass is 10.6. The summed E-state index contributed by atoms with van der Waals surface area (Å²) in [5, 5.41) is 0. The maximum Gasteiger partial charge on any atom is 0.257 e. The van der Waals surface area contributed by atoms with Crippen molar-refractivity contribution in [1.29, 1.82) is 0 Å². The Hall–Kier alpha value is 0.110. The van der Waals surface area contributed by atoms with Gasteiger partial charge in [-0.1, -0.05) is 6.92 Å². The normalized spacial score (nSPS) is 15.5. The molecule has 0 aliphatic heterocycles. The van der Waals surface area contributed by atoms with E-state index >= 15 is 0 Å². The summed E-state index contributed by atoms with van der Waals surface area (Å²) in [6.45, 7) is 8.89. The van der Waals surface area contributed by atoms with Gasteiger partial charge < -0.3 is 14.0 Å². The molecule has 0 spiro atoms. The van der Waals surface area contributed by atoms with Gasteiger partial charge in [0.05, 0.1) is 6.61 Å². The average Bonchev–Trinajstić information content (AvgIpc) is 2.18. The largest absolute Gasteiger partial charge is 0.345 e. The van der Waals surface area contributed by atoms with Crippen LogP contribution in [0.4, 0.5) is 0 Å². The van der Waals surface area contributed by atoms with Crippen molar-refractivity contribution < 1.29 is 18.6 Å². The molecule has 0 N–H and O–H groups in total. The van der Waals surface area contributed by atoms with Crippen molar-refractivity contribution in [2.75, 3.05) is 26.0 Å². The van der Waals surface area contributed by atoms with Gasteiger partial charge in [0.25, 0.3) is 7.37 Å². The van der Waals surface area contributed by atoms with Crippen molar-refractivity contribution in [2.45, 2.75) is 40.1 Å². The van der Waals surface area contributed by atoms with Gasteiger partial charge in [-0.15, -0.1) is 0 Å². The number of ether oxygens (including phenoxy) is 2. The molecule has 4 nitrogen and oxygen atoms in total. The smallest absolute Gasteiger partial charge is 0.257 e. The second-order valence-corrected chi connectivity index (χ2v) is 5.66. The van der Waals surface area contributed by atoms with Crippen LogP contribution < -0.4 is 0 Å². The van der Waals surface area contributed by atoms with Crippen LogP contribution >= 0.6 is 7.37 Å². The predicted octanol–water partition coefficient (Wildman–Crippen LogP) is 3.07. The molecule has 0 aromatic carbocycles. The molecule has 0 bridgehead atoms. The molecular formula is C10H23O4P. The van der Waals surface area contributed by atoms with E-state index in [0.717, 1.165) is 6.42 Å². The van der Waals surface area contributed by atoms with E-state index in [1.165, 1.54) is 0 Å². The molecule has 0 aliphatic carbocycles. The maximum absolute atomic E-state index is 12.4. The number of hydrogen-bond donors (Lipinski definition) is 0. The molecule has 0 fully saturated rings. The quantitative estimate of drug-likeness (QED) is 0.457. The second kappa shape index (κ2) is 8.28. The van der Waals surface area contributed by atoms with Gasteiger partial charge in [-0.05, 0) is 27.2 Å². The van der Waals surface area contributed by atoms with Crippen molar-refractivity contribution in [3.8, 4) is 0 Å². The van der Waals surface area contributed by atoms with Gasteiger partial charge in [0.15, 0.2) is 0 Å². The van der Waals surface area contributed by atoms with Crippen LogP contribution in [0.15, 0.2) is 0 Å². The number of rotatable bonds is 9. The van der Waals surface area contributed by atoms with Gasteiger partial charge >= 0.3 is 0 Å². The molecule has 0 radical (unpaired) electrons. The number of hydrogen-bond acceptors (Lipinski definition) is 4. The van der Waals surface area contributed by atoms with E-state index < -0.39 is 13.4 Å². The summed E-state index contributed by atoms with van der Waals surface area (Å²) in [6.07, 6.45) is 1.30. The van der Waals surface area contributed by atoms with Crippen LogP contribution in [-0.4, -0.2) is 32.0 Å². The van der Waals surface area contributed by atoms with Crippen molar-refractivity contribution in [3.05, 3.63) is 0 Å². The zero-order valence-electron chi connectivity index (χ0n) is 10.2. The summed E-state index contributed by atoms with van der Waals surface area (Å²) < 4.78 is 28.4. The first-order chi connectivity index (χ1) is 7.14. The van der Waals surface area contributed by atoms with Gasteiger partial charge in [-0.2, -0.15) is 0 Å². The molecule has 5 heteroatoms. The van der Waals surface area contributed by atoms with Crippen LogP contribution in [0.1, 0.15) is 34.1 Å². The molecule has 0 saturated heterocycles. The zero-order chi connectivity index (χ0) is 11.7. The third-order valence-corrected chi connectivity index (χ3v) is 4.53. The summed E-state index contributed by atoms with van der Waals surface area (Å²) in [4.78, 5) is 0. The maximum atomic E-state index is 12.4. The van der Waals surface area contributed by atoms with E-state index in [2.05, 4.69) is 0 Å². The van der Waals surface area contributed by atoms with Crippen molar-refractivity contribution in [1.82, 2.24) is 0 Å². The first-order valence-corrected chi connectivity index (χ1v) is 7.48. The zero-order valence-corrected chi connectivity index (χ0v) is 11.1. The van der Waals surface area contributed by atoms with E-state index in [1.807, 2.05) is 27.7 Å². The molecule has 0 amide bonds. The average molecular weight is 238 g/mol. The van der Waals surface area contributed by atoms with Gasteiger partial charge in [-0.25, -0.2) is 0 Å². The monoisotopic (exact) mass is 238 g/mol. The van der Waals surface area contributed by atoms with Crippen LogP contribution in [0, 0.1) is 0 Å². The second-order valence-electron chi connectivity index (χ2n) is 3.09. The van der Waals surface area contributed by atoms with E-state index in [9.17, 15) is 4.57 Å². The molecule has 1 atom stereocenters. The minimum atomic E-state index is -2.81. The highest BCUT2D eigenvalue weighted by Gasteiger charge is 2.34. The SMILES string of the molecule is CCCP(=O)(OCC)C(OCC)OCC. The fourth-order valence-corrected chi connectivity index (χ4v) is 3.60. The highest BCUT2D eigenvalue weighted by atomic mass is 31.2. The Bertz CT molecular complexity index is 180. The lowest BCUT2D eigenvalue weighted by molar-refractivity contribution is -0.0888. The Labute approximate surface area is 92.7 Å². The first kappa shape index (κ1) is 15.1. The topological polar surface area (TPSA) is 44.8 Å².